The Morgan fingerprint density at radius 3 is 2.65 bits per heavy atom. The fraction of sp³-hybridized carbons (Fsp3) is 0.263. The van der Waals surface area contributed by atoms with Crippen molar-refractivity contribution >= 4 is 17.3 Å². The second-order valence-electron chi connectivity index (χ2n) is 5.92. The molecule has 1 heterocycles. The molecular formula is C19H19N3O. The Bertz CT molecular complexity index is 778. The summed E-state index contributed by atoms with van der Waals surface area (Å²) in [6, 6.07) is 17.1. The molecule has 0 aromatic heterocycles. The van der Waals surface area contributed by atoms with Crippen LogP contribution in [0.2, 0.25) is 0 Å². The van der Waals surface area contributed by atoms with Gasteiger partial charge in [0.05, 0.1) is 23.0 Å². The molecule has 3 rings (SSSR count). The molecule has 1 aliphatic rings. The summed E-state index contributed by atoms with van der Waals surface area (Å²) in [7, 11) is 2.05. The zero-order chi connectivity index (χ0) is 16.4. The van der Waals surface area contributed by atoms with Gasteiger partial charge in [-0.05, 0) is 43.7 Å². The standard InChI is InChI=1S/C19H19N3O/c1-14-10-11-21(2)17-8-3-4-9-18(17)22(14)19(23)16-7-5-6-15(12-16)13-20/h3-9,12,14H,10-11H2,1-2H3. The molecule has 23 heavy (non-hydrogen) atoms. The minimum atomic E-state index is -0.0580. The highest BCUT2D eigenvalue weighted by molar-refractivity contribution is 6.08. The topological polar surface area (TPSA) is 47.3 Å². The highest BCUT2D eigenvalue weighted by Gasteiger charge is 2.29. The number of rotatable bonds is 1. The lowest BCUT2D eigenvalue weighted by Crippen LogP contribution is -2.38. The van der Waals surface area contributed by atoms with E-state index in [4.69, 9.17) is 5.26 Å². The molecule has 4 heteroatoms. The zero-order valence-electron chi connectivity index (χ0n) is 13.4. The molecule has 4 nitrogen and oxygen atoms in total. The smallest absolute Gasteiger partial charge is 0.258 e. The summed E-state index contributed by atoms with van der Waals surface area (Å²) < 4.78 is 0. The lowest BCUT2D eigenvalue weighted by Gasteiger charge is -2.28. The minimum Gasteiger partial charge on any atom is -0.373 e. The number of carbonyl (C=O) groups is 1. The maximum absolute atomic E-state index is 13.1. The predicted molar refractivity (Wildman–Crippen MR) is 91.8 cm³/mol. The van der Waals surface area contributed by atoms with Gasteiger partial charge >= 0.3 is 0 Å². The molecule has 2 aromatic carbocycles. The normalized spacial score (nSPS) is 17.2. The molecule has 0 saturated heterocycles. The highest BCUT2D eigenvalue weighted by atomic mass is 16.2. The monoisotopic (exact) mass is 305 g/mol. The van der Waals surface area contributed by atoms with Gasteiger partial charge in [0.1, 0.15) is 0 Å². The number of benzene rings is 2. The lowest BCUT2D eigenvalue weighted by molar-refractivity contribution is 0.0978. The van der Waals surface area contributed by atoms with Crippen LogP contribution in [0.3, 0.4) is 0 Å². The van der Waals surface area contributed by atoms with Crippen LogP contribution in [0.4, 0.5) is 11.4 Å². The first-order valence-electron chi connectivity index (χ1n) is 7.75. The highest BCUT2D eigenvalue weighted by Crippen LogP contribution is 2.34. The molecule has 0 aliphatic carbocycles. The van der Waals surface area contributed by atoms with E-state index in [1.54, 1.807) is 24.3 Å². The lowest BCUT2D eigenvalue weighted by atomic mass is 10.1. The Morgan fingerprint density at radius 2 is 1.91 bits per heavy atom. The fourth-order valence-electron chi connectivity index (χ4n) is 3.03. The summed E-state index contributed by atoms with van der Waals surface area (Å²) in [5.41, 5.74) is 3.04. The van der Waals surface area contributed by atoms with Crippen LogP contribution in [-0.2, 0) is 0 Å². The molecule has 0 radical (unpaired) electrons. The first kappa shape index (κ1) is 15.1. The Morgan fingerprint density at radius 1 is 1.17 bits per heavy atom. The summed E-state index contributed by atoms with van der Waals surface area (Å²) in [4.78, 5) is 17.1. The van der Waals surface area contributed by atoms with Crippen molar-refractivity contribution in [2.75, 3.05) is 23.4 Å². The molecule has 0 spiro atoms. The van der Waals surface area contributed by atoms with E-state index in [1.165, 1.54) is 0 Å². The van der Waals surface area contributed by atoms with Crippen molar-refractivity contribution in [1.29, 1.82) is 5.26 Å². The van der Waals surface area contributed by atoms with Crippen molar-refractivity contribution in [3.63, 3.8) is 0 Å². The quantitative estimate of drug-likeness (QED) is 0.811. The number of hydrogen-bond donors (Lipinski definition) is 0. The molecule has 1 unspecified atom stereocenters. The average Bonchev–Trinajstić information content (AvgIpc) is 2.72. The van der Waals surface area contributed by atoms with E-state index in [9.17, 15) is 4.79 Å². The summed E-state index contributed by atoms with van der Waals surface area (Å²) in [6.45, 7) is 2.97. The summed E-state index contributed by atoms with van der Waals surface area (Å²) in [5, 5.41) is 9.06. The number of nitriles is 1. The van der Waals surface area contributed by atoms with Gasteiger partial charge in [-0.15, -0.1) is 0 Å². The van der Waals surface area contributed by atoms with Gasteiger partial charge in [-0.1, -0.05) is 18.2 Å². The van der Waals surface area contributed by atoms with Crippen molar-refractivity contribution < 1.29 is 4.79 Å². The largest absolute Gasteiger partial charge is 0.373 e. The van der Waals surface area contributed by atoms with Crippen molar-refractivity contribution in [3.8, 4) is 6.07 Å². The third-order valence-electron chi connectivity index (χ3n) is 4.33. The van der Waals surface area contributed by atoms with Gasteiger partial charge in [0, 0.05) is 25.2 Å². The third-order valence-corrected chi connectivity index (χ3v) is 4.33. The first-order chi connectivity index (χ1) is 11.1. The molecule has 116 valence electrons. The number of anilines is 2. The van der Waals surface area contributed by atoms with Gasteiger partial charge in [0.15, 0.2) is 0 Å². The van der Waals surface area contributed by atoms with Crippen molar-refractivity contribution in [1.82, 2.24) is 0 Å². The number of carbonyl (C=O) groups excluding carboxylic acids is 1. The average molecular weight is 305 g/mol. The Kier molecular flexibility index (Phi) is 4.03. The van der Waals surface area contributed by atoms with Crippen LogP contribution in [0.15, 0.2) is 48.5 Å². The third kappa shape index (κ3) is 2.78. The zero-order valence-corrected chi connectivity index (χ0v) is 13.4. The molecule has 0 saturated carbocycles. The molecule has 1 amide bonds. The number of amides is 1. The summed E-state index contributed by atoms with van der Waals surface area (Å²) in [6.07, 6.45) is 0.898. The second kappa shape index (κ2) is 6.13. The Labute approximate surface area is 136 Å². The summed E-state index contributed by atoms with van der Waals surface area (Å²) >= 11 is 0. The van der Waals surface area contributed by atoms with Crippen LogP contribution in [-0.4, -0.2) is 25.5 Å². The van der Waals surface area contributed by atoms with E-state index in [1.807, 2.05) is 29.2 Å². The molecule has 0 N–H and O–H groups in total. The van der Waals surface area contributed by atoms with E-state index < -0.39 is 0 Å². The van der Waals surface area contributed by atoms with Crippen LogP contribution in [0.1, 0.15) is 29.3 Å². The molecule has 1 aliphatic heterocycles. The van der Waals surface area contributed by atoms with Gasteiger partial charge in [-0.3, -0.25) is 4.79 Å². The van der Waals surface area contributed by atoms with E-state index >= 15 is 0 Å². The maximum Gasteiger partial charge on any atom is 0.258 e. The van der Waals surface area contributed by atoms with E-state index in [-0.39, 0.29) is 11.9 Å². The van der Waals surface area contributed by atoms with Crippen LogP contribution < -0.4 is 9.80 Å². The Hall–Kier alpha value is -2.80. The first-order valence-corrected chi connectivity index (χ1v) is 7.75. The molecule has 2 aromatic rings. The van der Waals surface area contributed by atoms with Crippen molar-refractivity contribution in [3.05, 3.63) is 59.7 Å². The molecule has 0 fully saturated rings. The fourth-order valence-corrected chi connectivity index (χ4v) is 3.03. The van der Waals surface area contributed by atoms with Gasteiger partial charge < -0.3 is 9.80 Å². The number of nitrogens with zero attached hydrogens (tertiary/aromatic N) is 3. The molecule has 1 atom stereocenters. The van der Waals surface area contributed by atoms with Gasteiger partial charge in [0.2, 0.25) is 0 Å². The number of para-hydroxylation sites is 2. The van der Waals surface area contributed by atoms with Gasteiger partial charge in [0.25, 0.3) is 5.91 Å². The number of fused-ring (bicyclic) bond motifs is 1. The molecule has 0 bridgehead atoms. The van der Waals surface area contributed by atoms with Crippen LogP contribution in [0.5, 0.6) is 0 Å². The van der Waals surface area contributed by atoms with Crippen LogP contribution in [0, 0.1) is 11.3 Å². The molecular weight excluding hydrogens is 286 g/mol. The second-order valence-corrected chi connectivity index (χ2v) is 5.92. The predicted octanol–water partition coefficient (Wildman–Crippen LogP) is 3.43. The van der Waals surface area contributed by atoms with Crippen molar-refractivity contribution in [2.24, 2.45) is 0 Å². The van der Waals surface area contributed by atoms with Crippen molar-refractivity contribution in [2.45, 2.75) is 19.4 Å². The van der Waals surface area contributed by atoms with E-state index in [2.05, 4.69) is 24.9 Å². The van der Waals surface area contributed by atoms with E-state index in [0.717, 1.165) is 24.3 Å². The number of hydrogen-bond acceptors (Lipinski definition) is 3. The maximum atomic E-state index is 13.1. The SMILES string of the molecule is CC1CCN(C)c2ccccc2N1C(=O)c1cccc(C#N)c1. The van der Waals surface area contributed by atoms with Gasteiger partial charge in [-0.2, -0.15) is 5.26 Å². The van der Waals surface area contributed by atoms with E-state index in [0.29, 0.717) is 11.1 Å². The van der Waals surface area contributed by atoms with Gasteiger partial charge in [-0.25, -0.2) is 0 Å². The Balaban J connectivity index is 2.07. The van der Waals surface area contributed by atoms with Crippen LogP contribution >= 0.6 is 0 Å². The minimum absolute atomic E-state index is 0.0580. The van der Waals surface area contributed by atoms with Crippen LogP contribution in [0.25, 0.3) is 0 Å². The summed E-state index contributed by atoms with van der Waals surface area (Å²) in [5.74, 6) is -0.0580.